The third-order valence-corrected chi connectivity index (χ3v) is 5.32. The first-order chi connectivity index (χ1) is 10.1. The minimum atomic E-state index is -1.00. The molecule has 21 heavy (non-hydrogen) atoms. The maximum atomic E-state index is 12.5. The van der Waals surface area contributed by atoms with Crippen LogP contribution in [0.25, 0.3) is 0 Å². The van der Waals surface area contributed by atoms with E-state index in [4.69, 9.17) is 5.11 Å². The molecule has 2 aromatic rings. The summed E-state index contributed by atoms with van der Waals surface area (Å²) in [5, 5.41) is 13.1. The van der Waals surface area contributed by atoms with Crippen LogP contribution in [0.2, 0.25) is 0 Å². The lowest BCUT2D eigenvalue weighted by Crippen LogP contribution is -2.35. The molecule has 1 atom stereocenters. The Morgan fingerprint density at radius 2 is 2.14 bits per heavy atom. The van der Waals surface area contributed by atoms with Crippen LogP contribution in [0.1, 0.15) is 17.2 Å². The van der Waals surface area contributed by atoms with Gasteiger partial charge in [-0.2, -0.15) is 11.3 Å². The van der Waals surface area contributed by atoms with E-state index in [1.54, 1.807) is 29.2 Å². The monoisotopic (exact) mass is 319 g/mol. The molecule has 0 aliphatic carbocycles. The number of para-hydroxylation sites is 1. The summed E-state index contributed by atoms with van der Waals surface area (Å²) in [5.41, 5.74) is 1.80. The van der Waals surface area contributed by atoms with E-state index in [0.29, 0.717) is 12.1 Å². The molecule has 0 fully saturated rings. The summed E-state index contributed by atoms with van der Waals surface area (Å²) in [4.78, 5) is 25.8. The highest BCUT2D eigenvalue weighted by Gasteiger charge is 2.30. The summed E-state index contributed by atoms with van der Waals surface area (Å²) in [6.07, 6.45) is 0.309. The molecule has 1 aliphatic rings. The Morgan fingerprint density at radius 3 is 2.86 bits per heavy atom. The number of carbonyl (C=O) groups excluding carboxylic acids is 1. The summed E-state index contributed by atoms with van der Waals surface area (Å²) in [7, 11) is 0. The van der Waals surface area contributed by atoms with Gasteiger partial charge in [-0.25, -0.2) is 0 Å². The predicted octanol–water partition coefficient (Wildman–Crippen LogP) is 3.40. The molecule has 6 heteroatoms. The number of hydrogen-bond donors (Lipinski definition) is 1. The Balaban J connectivity index is 2.00. The van der Waals surface area contributed by atoms with Gasteiger partial charge in [0.2, 0.25) is 5.91 Å². The molecular weight excluding hydrogens is 306 g/mol. The van der Waals surface area contributed by atoms with Gasteiger partial charge in [0, 0.05) is 16.6 Å². The normalized spacial score (nSPS) is 18.2. The maximum Gasteiger partial charge on any atom is 0.323 e. The molecule has 1 aromatic carbocycles. The number of carbonyl (C=O) groups is 2. The van der Waals surface area contributed by atoms with Crippen LogP contribution < -0.4 is 4.90 Å². The zero-order chi connectivity index (χ0) is 14.8. The Hall–Kier alpha value is -1.79. The standard InChI is InChI=1S/C15H13NO3S2/c17-14-7-13(10-5-6-20-9-10)21-12-4-2-1-3-11(12)16(14)8-15(18)19/h1-6,9,13H,7-8H2,(H,18,19). The second-order valence-electron chi connectivity index (χ2n) is 4.71. The fourth-order valence-corrected chi connectivity index (χ4v) is 4.40. The predicted molar refractivity (Wildman–Crippen MR) is 84.0 cm³/mol. The number of thioether (sulfide) groups is 1. The molecule has 0 saturated heterocycles. The topological polar surface area (TPSA) is 57.6 Å². The van der Waals surface area contributed by atoms with Gasteiger partial charge in [-0.3, -0.25) is 9.59 Å². The summed E-state index contributed by atoms with van der Waals surface area (Å²) in [6.45, 7) is -0.299. The van der Waals surface area contributed by atoms with Crippen molar-refractivity contribution in [1.82, 2.24) is 0 Å². The molecule has 3 rings (SSSR count). The molecule has 1 amide bonds. The molecule has 4 nitrogen and oxygen atoms in total. The van der Waals surface area contributed by atoms with E-state index >= 15 is 0 Å². The zero-order valence-electron chi connectivity index (χ0n) is 11.1. The molecule has 1 aliphatic heterocycles. The van der Waals surface area contributed by atoms with E-state index in [2.05, 4.69) is 0 Å². The average molecular weight is 319 g/mol. The highest BCUT2D eigenvalue weighted by molar-refractivity contribution is 7.99. The highest BCUT2D eigenvalue weighted by Crippen LogP contribution is 2.45. The van der Waals surface area contributed by atoms with Crippen molar-refractivity contribution in [2.75, 3.05) is 11.4 Å². The number of anilines is 1. The van der Waals surface area contributed by atoms with Crippen molar-refractivity contribution in [3.05, 3.63) is 46.7 Å². The van der Waals surface area contributed by atoms with Crippen molar-refractivity contribution in [3.63, 3.8) is 0 Å². The highest BCUT2D eigenvalue weighted by atomic mass is 32.2. The van der Waals surface area contributed by atoms with Gasteiger partial charge in [0.25, 0.3) is 0 Å². The van der Waals surface area contributed by atoms with E-state index < -0.39 is 5.97 Å². The molecule has 0 bridgehead atoms. The maximum absolute atomic E-state index is 12.5. The van der Waals surface area contributed by atoms with Crippen LogP contribution in [0, 0.1) is 0 Å². The van der Waals surface area contributed by atoms with Crippen molar-refractivity contribution in [2.45, 2.75) is 16.6 Å². The minimum absolute atomic E-state index is 0.0312. The number of carboxylic acid groups (broad SMARTS) is 1. The van der Waals surface area contributed by atoms with E-state index in [1.807, 2.05) is 35.0 Å². The SMILES string of the molecule is O=C(O)CN1C(=O)CC(c2ccsc2)Sc2ccccc21. The molecule has 0 saturated carbocycles. The first-order valence-electron chi connectivity index (χ1n) is 6.45. The van der Waals surface area contributed by atoms with Gasteiger partial charge in [0.1, 0.15) is 6.54 Å². The Morgan fingerprint density at radius 1 is 1.33 bits per heavy atom. The lowest BCUT2D eigenvalue weighted by molar-refractivity contribution is -0.136. The van der Waals surface area contributed by atoms with Crippen LogP contribution in [-0.2, 0) is 9.59 Å². The number of hydrogen-bond acceptors (Lipinski definition) is 4. The summed E-state index contributed by atoms with van der Waals surface area (Å²) < 4.78 is 0. The van der Waals surface area contributed by atoms with E-state index in [-0.39, 0.29) is 17.7 Å². The fraction of sp³-hybridized carbons (Fsp3) is 0.200. The molecule has 0 radical (unpaired) electrons. The summed E-state index contributed by atoms with van der Waals surface area (Å²) >= 11 is 3.22. The third kappa shape index (κ3) is 2.96. The van der Waals surface area contributed by atoms with Crippen LogP contribution in [-0.4, -0.2) is 23.5 Å². The molecule has 1 unspecified atom stereocenters. The van der Waals surface area contributed by atoms with E-state index in [9.17, 15) is 9.59 Å². The van der Waals surface area contributed by atoms with Gasteiger partial charge in [0.15, 0.2) is 0 Å². The van der Waals surface area contributed by atoms with Crippen molar-refractivity contribution < 1.29 is 14.7 Å². The van der Waals surface area contributed by atoms with Gasteiger partial charge in [0.05, 0.1) is 5.69 Å². The third-order valence-electron chi connectivity index (χ3n) is 3.29. The first-order valence-corrected chi connectivity index (χ1v) is 8.27. The molecule has 2 heterocycles. The Kier molecular flexibility index (Phi) is 3.98. The van der Waals surface area contributed by atoms with E-state index in [1.165, 1.54) is 4.90 Å². The first kappa shape index (κ1) is 14.2. The van der Waals surface area contributed by atoms with Crippen LogP contribution in [0.4, 0.5) is 5.69 Å². The smallest absolute Gasteiger partial charge is 0.323 e. The van der Waals surface area contributed by atoms with Crippen LogP contribution >= 0.6 is 23.1 Å². The number of amides is 1. The second-order valence-corrected chi connectivity index (χ2v) is 6.73. The Bertz CT molecular complexity index is 669. The number of fused-ring (bicyclic) bond motifs is 1. The number of benzene rings is 1. The minimum Gasteiger partial charge on any atom is -0.480 e. The molecule has 1 aromatic heterocycles. The molecule has 108 valence electrons. The molecule has 0 spiro atoms. The largest absolute Gasteiger partial charge is 0.480 e. The number of nitrogens with zero attached hydrogens (tertiary/aromatic N) is 1. The molecular formula is C15H13NO3S2. The second kappa shape index (κ2) is 5.91. The number of rotatable bonds is 3. The van der Waals surface area contributed by atoms with Crippen molar-refractivity contribution in [3.8, 4) is 0 Å². The number of thiophene rings is 1. The zero-order valence-corrected chi connectivity index (χ0v) is 12.7. The quantitative estimate of drug-likeness (QED) is 0.942. The number of aliphatic carboxylic acids is 1. The molecule has 1 N–H and O–H groups in total. The van der Waals surface area contributed by atoms with Crippen LogP contribution in [0.5, 0.6) is 0 Å². The van der Waals surface area contributed by atoms with Crippen molar-refractivity contribution >= 4 is 40.7 Å². The lowest BCUT2D eigenvalue weighted by atomic mass is 10.1. The van der Waals surface area contributed by atoms with Gasteiger partial charge in [-0.1, -0.05) is 12.1 Å². The average Bonchev–Trinajstić information content (AvgIpc) is 2.94. The fourth-order valence-electron chi connectivity index (χ4n) is 2.33. The lowest BCUT2D eigenvalue weighted by Gasteiger charge is -2.20. The number of carboxylic acids is 1. The van der Waals surface area contributed by atoms with Gasteiger partial charge >= 0.3 is 5.97 Å². The van der Waals surface area contributed by atoms with Crippen molar-refractivity contribution in [2.24, 2.45) is 0 Å². The van der Waals surface area contributed by atoms with Crippen LogP contribution in [0.15, 0.2) is 46.0 Å². The summed E-state index contributed by atoms with van der Waals surface area (Å²) in [5.74, 6) is -1.15. The van der Waals surface area contributed by atoms with Gasteiger partial charge < -0.3 is 10.0 Å². The van der Waals surface area contributed by atoms with Gasteiger partial charge in [-0.15, -0.1) is 11.8 Å². The van der Waals surface area contributed by atoms with Crippen LogP contribution in [0.3, 0.4) is 0 Å². The van der Waals surface area contributed by atoms with Crippen molar-refractivity contribution in [1.29, 1.82) is 0 Å². The van der Waals surface area contributed by atoms with E-state index in [0.717, 1.165) is 10.5 Å². The Labute approximate surface area is 130 Å². The van der Waals surface area contributed by atoms with Gasteiger partial charge in [-0.05, 0) is 34.5 Å². The summed E-state index contributed by atoms with van der Waals surface area (Å²) in [6, 6.07) is 9.49.